The molecule has 134 valence electrons. The molecule has 0 spiro atoms. The summed E-state index contributed by atoms with van der Waals surface area (Å²) < 4.78 is 6.07. The Balaban J connectivity index is 2.36. The number of nitrogens with one attached hydrogen (secondary N) is 1. The molecule has 5 heteroatoms. The van der Waals surface area contributed by atoms with Gasteiger partial charge in [-0.1, -0.05) is 35.0 Å². The fourth-order valence-electron chi connectivity index (χ4n) is 2.67. The summed E-state index contributed by atoms with van der Waals surface area (Å²) in [6, 6.07) is 13.0. The van der Waals surface area contributed by atoms with E-state index in [-0.39, 0.29) is 30.0 Å². The maximum Gasteiger partial charge on any atom is 0.221 e. The number of hydrogen-bond donors (Lipinski definition) is 2. The smallest absolute Gasteiger partial charge is 0.221 e. The fraction of sp³-hybridized carbons (Fsp3) is 0.350. The lowest BCUT2D eigenvalue weighted by molar-refractivity contribution is -0.121. The number of methoxy groups -OCH3 is 1. The van der Waals surface area contributed by atoms with Crippen molar-refractivity contribution in [3.8, 4) is 11.5 Å². The predicted octanol–water partition coefficient (Wildman–Crippen LogP) is 4.60. The Morgan fingerprint density at radius 3 is 2.52 bits per heavy atom. The van der Waals surface area contributed by atoms with Gasteiger partial charge in [0.1, 0.15) is 11.5 Å². The van der Waals surface area contributed by atoms with Crippen molar-refractivity contribution in [3.63, 3.8) is 0 Å². The molecule has 0 saturated heterocycles. The SMILES string of the molecule is CCC(C)NC(=O)CC(c1ccc(OC)cc1)c1cc(Br)ccc1O. The third-order valence-electron chi connectivity index (χ3n) is 4.29. The first-order chi connectivity index (χ1) is 11.9. The number of rotatable bonds is 7. The van der Waals surface area contributed by atoms with E-state index in [1.807, 2.05) is 44.2 Å². The molecule has 0 aromatic heterocycles. The Hall–Kier alpha value is -2.01. The van der Waals surface area contributed by atoms with E-state index in [1.165, 1.54) is 0 Å². The van der Waals surface area contributed by atoms with Gasteiger partial charge in [-0.3, -0.25) is 4.79 Å². The molecule has 2 unspecified atom stereocenters. The molecule has 2 rings (SSSR count). The van der Waals surface area contributed by atoms with Crippen LogP contribution in [0.1, 0.15) is 43.7 Å². The molecule has 0 aliphatic rings. The van der Waals surface area contributed by atoms with E-state index >= 15 is 0 Å². The van der Waals surface area contributed by atoms with E-state index in [0.29, 0.717) is 0 Å². The van der Waals surface area contributed by atoms with Gasteiger partial charge in [0.2, 0.25) is 5.91 Å². The van der Waals surface area contributed by atoms with Crippen molar-refractivity contribution in [1.82, 2.24) is 5.32 Å². The van der Waals surface area contributed by atoms with Crippen LogP contribution in [0.15, 0.2) is 46.9 Å². The van der Waals surface area contributed by atoms with Crippen LogP contribution in [0, 0.1) is 0 Å². The monoisotopic (exact) mass is 405 g/mol. The van der Waals surface area contributed by atoms with Gasteiger partial charge in [0.15, 0.2) is 0 Å². The van der Waals surface area contributed by atoms with Crippen LogP contribution < -0.4 is 10.1 Å². The van der Waals surface area contributed by atoms with Crippen molar-refractivity contribution in [2.75, 3.05) is 7.11 Å². The van der Waals surface area contributed by atoms with Crippen LogP contribution in [-0.4, -0.2) is 24.2 Å². The quantitative estimate of drug-likeness (QED) is 0.707. The molecule has 0 fully saturated rings. The van der Waals surface area contributed by atoms with E-state index in [0.717, 1.165) is 27.8 Å². The van der Waals surface area contributed by atoms with Gasteiger partial charge in [0, 0.05) is 28.4 Å². The maximum atomic E-state index is 12.5. The number of benzene rings is 2. The number of amides is 1. The first-order valence-electron chi connectivity index (χ1n) is 8.36. The third kappa shape index (κ3) is 5.23. The highest BCUT2D eigenvalue weighted by atomic mass is 79.9. The number of hydrogen-bond acceptors (Lipinski definition) is 3. The summed E-state index contributed by atoms with van der Waals surface area (Å²) in [6.45, 7) is 4.02. The first-order valence-corrected chi connectivity index (χ1v) is 9.15. The van der Waals surface area contributed by atoms with Gasteiger partial charge in [-0.25, -0.2) is 0 Å². The van der Waals surface area contributed by atoms with Crippen LogP contribution in [0.3, 0.4) is 0 Å². The normalized spacial score (nSPS) is 13.1. The highest BCUT2D eigenvalue weighted by molar-refractivity contribution is 9.10. The van der Waals surface area contributed by atoms with Crippen LogP contribution in [0.25, 0.3) is 0 Å². The van der Waals surface area contributed by atoms with Crippen LogP contribution in [0.5, 0.6) is 11.5 Å². The van der Waals surface area contributed by atoms with Gasteiger partial charge >= 0.3 is 0 Å². The zero-order valence-electron chi connectivity index (χ0n) is 14.8. The number of carbonyl (C=O) groups is 1. The Labute approximate surface area is 157 Å². The second-order valence-electron chi connectivity index (χ2n) is 6.11. The Bertz CT molecular complexity index is 715. The summed E-state index contributed by atoms with van der Waals surface area (Å²) >= 11 is 3.45. The largest absolute Gasteiger partial charge is 0.508 e. The molecule has 25 heavy (non-hydrogen) atoms. The van der Waals surface area contributed by atoms with Crippen molar-refractivity contribution < 1.29 is 14.6 Å². The minimum absolute atomic E-state index is 0.0328. The van der Waals surface area contributed by atoms with Crippen molar-refractivity contribution in [3.05, 3.63) is 58.1 Å². The van der Waals surface area contributed by atoms with E-state index in [1.54, 1.807) is 19.2 Å². The number of phenols is 1. The third-order valence-corrected chi connectivity index (χ3v) is 4.79. The molecule has 2 N–H and O–H groups in total. The maximum absolute atomic E-state index is 12.5. The van der Waals surface area contributed by atoms with E-state index in [9.17, 15) is 9.90 Å². The van der Waals surface area contributed by atoms with Crippen LogP contribution in [0.4, 0.5) is 0 Å². The molecule has 0 bridgehead atoms. The number of carbonyl (C=O) groups excluding carboxylic acids is 1. The molecule has 0 heterocycles. The molecular weight excluding hydrogens is 382 g/mol. The molecule has 0 aliphatic heterocycles. The average Bonchev–Trinajstić information content (AvgIpc) is 2.62. The summed E-state index contributed by atoms with van der Waals surface area (Å²) in [7, 11) is 1.62. The molecule has 0 saturated carbocycles. The second kappa shape index (κ2) is 8.90. The van der Waals surface area contributed by atoms with Crippen molar-refractivity contribution in [1.29, 1.82) is 0 Å². The van der Waals surface area contributed by atoms with Crippen LogP contribution >= 0.6 is 15.9 Å². The minimum atomic E-state index is -0.243. The van der Waals surface area contributed by atoms with Crippen molar-refractivity contribution in [2.45, 2.75) is 38.6 Å². The van der Waals surface area contributed by atoms with Gasteiger partial charge in [-0.2, -0.15) is 0 Å². The van der Waals surface area contributed by atoms with Crippen LogP contribution in [-0.2, 0) is 4.79 Å². The van der Waals surface area contributed by atoms with Gasteiger partial charge in [0.25, 0.3) is 0 Å². The zero-order chi connectivity index (χ0) is 18.4. The van der Waals surface area contributed by atoms with Gasteiger partial charge in [-0.15, -0.1) is 0 Å². The molecule has 0 radical (unpaired) electrons. The lowest BCUT2D eigenvalue weighted by Crippen LogP contribution is -2.33. The number of aromatic hydroxyl groups is 1. The molecule has 1 amide bonds. The molecule has 2 aromatic carbocycles. The second-order valence-corrected chi connectivity index (χ2v) is 7.03. The number of ether oxygens (including phenoxy) is 1. The Kier molecular flexibility index (Phi) is 6.88. The minimum Gasteiger partial charge on any atom is -0.508 e. The van der Waals surface area contributed by atoms with E-state index in [4.69, 9.17) is 4.74 Å². The van der Waals surface area contributed by atoms with Crippen LogP contribution in [0.2, 0.25) is 0 Å². The van der Waals surface area contributed by atoms with Gasteiger partial charge in [-0.05, 0) is 49.2 Å². The first kappa shape index (κ1) is 19.3. The number of halogens is 1. The summed E-state index contributed by atoms with van der Waals surface area (Å²) in [5.74, 6) is 0.660. The standard InChI is InChI=1S/C20H24BrNO3/c1-4-13(2)22-20(24)12-17(14-5-8-16(25-3)9-6-14)18-11-15(21)7-10-19(18)23/h5-11,13,17,23H,4,12H2,1-3H3,(H,22,24). The Morgan fingerprint density at radius 2 is 1.92 bits per heavy atom. The number of phenolic OH excluding ortho intramolecular Hbond substituents is 1. The van der Waals surface area contributed by atoms with Crippen molar-refractivity contribution in [2.24, 2.45) is 0 Å². The summed E-state index contributed by atoms with van der Waals surface area (Å²) in [5.41, 5.74) is 1.67. The summed E-state index contributed by atoms with van der Waals surface area (Å²) in [4.78, 5) is 12.5. The fourth-order valence-corrected chi connectivity index (χ4v) is 3.05. The summed E-state index contributed by atoms with van der Waals surface area (Å²) in [5, 5.41) is 13.3. The summed E-state index contributed by atoms with van der Waals surface area (Å²) in [6.07, 6.45) is 1.14. The average molecular weight is 406 g/mol. The zero-order valence-corrected chi connectivity index (χ0v) is 16.3. The molecule has 4 nitrogen and oxygen atoms in total. The van der Waals surface area contributed by atoms with Gasteiger partial charge in [0.05, 0.1) is 7.11 Å². The van der Waals surface area contributed by atoms with E-state index < -0.39 is 0 Å². The van der Waals surface area contributed by atoms with Gasteiger partial charge < -0.3 is 15.2 Å². The Morgan fingerprint density at radius 1 is 1.24 bits per heavy atom. The molecule has 2 aromatic rings. The van der Waals surface area contributed by atoms with E-state index in [2.05, 4.69) is 21.2 Å². The molecule has 0 aliphatic carbocycles. The van der Waals surface area contributed by atoms with Crippen molar-refractivity contribution >= 4 is 21.8 Å². The highest BCUT2D eigenvalue weighted by Crippen LogP contribution is 2.36. The lowest BCUT2D eigenvalue weighted by atomic mass is 9.87. The molecular formula is C20H24BrNO3. The molecule has 2 atom stereocenters. The lowest BCUT2D eigenvalue weighted by Gasteiger charge is -2.21. The highest BCUT2D eigenvalue weighted by Gasteiger charge is 2.22. The topological polar surface area (TPSA) is 58.6 Å². The predicted molar refractivity (Wildman–Crippen MR) is 103 cm³/mol.